The number of benzene rings is 1. The van der Waals surface area contributed by atoms with E-state index in [1.165, 1.54) is 56.2 Å². The van der Waals surface area contributed by atoms with Gasteiger partial charge in [0, 0.05) is 18.7 Å². The SMILES string of the molecule is CCCCC(CC)COc1ccc2c(c1)C1C=C(OCC(CC)CCC)C=CC1N2C. The van der Waals surface area contributed by atoms with Crippen molar-refractivity contribution in [1.82, 2.24) is 0 Å². The molecule has 4 atom stereocenters. The lowest BCUT2D eigenvalue weighted by Gasteiger charge is -2.26. The molecule has 0 amide bonds. The van der Waals surface area contributed by atoms with Crippen molar-refractivity contribution in [3.8, 4) is 5.75 Å². The first-order valence-electron chi connectivity index (χ1n) is 12.6. The zero-order chi connectivity index (χ0) is 22.2. The maximum Gasteiger partial charge on any atom is 0.119 e. The number of rotatable bonds is 13. The summed E-state index contributed by atoms with van der Waals surface area (Å²) in [7, 11) is 2.19. The average molecular weight is 426 g/mol. The minimum absolute atomic E-state index is 0.330. The van der Waals surface area contributed by atoms with Crippen LogP contribution in [0.2, 0.25) is 0 Å². The van der Waals surface area contributed by atoms with Gasteiger partial charge in [-0.3, -0.25) is 0 Å². The lowest BCUT2D eigenvalue weighted by molar-refractivity contribution is 0.164. The first-order valence-corrected chi connectivity index (χ1v) is 12.6. The molecular formula is C28H43NO2. The molecule has 3 rings (SSSR count). The number of allylic oxidation sites excluding steroid dienone is 1. The number of nitrogens with zero attached hydrogens (tertiary/aromatic N) is 1. The van der Waals surface area contributed by atoms with Crippen LogP contribution in [0, 0.1) is 11.8 Å². The Bertz CT molecular complexity index is 753. The number of fused-ring (bicyclic) bond motifs is 3. The summed E-state index contributed by atoms with van der Waals surface area (Å²) in [5, 5.41) is 0. The molecule has 31 heavy (non-hydrogen) atoms. The standard InChI is InChI=1S/C28H43NO2/c1-6-10-12-22(9-4)20-31-24-14-16-28-26(18-24)25-17-23(13-15-27(25)29(28)5)30-19-21(8-3)11-7-2/h13-18,21-22,25,27H,6-12,19-20H2,1-5H3. The molecule has 2 aliphatic rings. The van der Waals surface area contributed by atoms with Gasteiger partial charge in [0.1, 0.15) is 11.5 Å². The fourth-order valence-corrected chi connectivity index (χ4v) is 4.90. The Morgan fingerprint density at radius 2 is 1.68 bits per heavy atom. The molecule has 0 saturated heterocycles. The van der Waals surface area contributed by atoms with Crippen LogP contribution < -0.4 is 9.64 Å². The molecule has 3 nitrogen and oxygen atoms in total. The van der Waals surface area contributed by atoms with Gasteiger partial charge in [-0.2, -0.15) is 0 Å². The van der Waals surface area contributed by atoms with Crippen LogP contribution in [0.5, 0.6) is 5.75 Å². The van der Waals surface area contributed by atoms with E-state index in [4.69, 9.17) is 9.47 Å². The third kappa shape index (κ3) is 5.87. The summed E-state index contributed by atoms with van der Waals surface area (Å²) in [5.41, 5.74) is 2.66. The molecule has 0 spiro atoms. The monoisotopic (exact) mass is 425 g/mol. The van der Waals surface area contributed by atoms with Gasteiger partial charge in [-0.15, -0.1) is 0 Å². The minimum Gasteiger partial charge on any atom is -0.494 e. The van der Waals surface area contributed by atoms with E-state index in [1.807, 2.05) is 0 Å². The van der Waals surface area contributed by atoms with Crippen LogP contribution in [0.1, 0.15) is 84.1 Å². The van der Waals surface area contributed by atoms with Crippen LogP contribution in [0.4, 0.5) is 5.69 Å². The van der Waals surface area contributed by atoms with Gasteiger partial charge in [-0.1, -0.05) is 65.9 Å². The summed E-state index contributed by atoms with van der Waals surface area (Å²) in [6.45, 7) is 10.7. The molecule has 0 bridgehead atoms. The fourth-order valence-electron chi connectivity index (χ4n) is 4.90. The number of ether oxygens (including phenoxy) is 2. The van der Waals surface area contributed by atoms with E-state index in [1.54, 1.807) is 0 Å². The molecule has 0 N–H and O–H groups in total. The summed E-state index contributed by atoms with van der Waals surface area (Å²) in [4.78, 5) is 2.38. The normalized spacial score (nSPS) is 21.3. The number of hydrogen-bond donors (Lipinski definition) is 0. The van der Waals surface area contributed by atoms with E-state index in [0.717, 1.165) is 24.7 Å². The Hall–Kier alpha value is -1.90. The largest absolute Gasteiger partial charge is 0.494 e. The van der Waals surface area contributed by atoms with Gasteiger partial charge in [0.25, 0.3) is 0 Å². The number of likely N-dealkylation sites (N-methyl/N-ethyl adjacent to an activating group) is 1. The second-order valence-electron chi connectivity index (χ2n) is 9.38. The predicted octanol–water partition coefficient (Wildman–Crippen LogP) is 7.48. The molecule has 172 valence electrons. The fraction of sp³-hybridized carbons (Fsp3) is 0.643. The van der Waals surface area contributed by atoms with E-state index in [9.17, 15) is 0 Å². The molecule has 0 fully saturated rings. The van der Waals surface area contributed by atoms with Gasteiger partial charge in [0.15, 0.2) is 0 Å². The van der Waals surface area contributed by atoms with E-state index in [-0.39, 0.29) is 0 Å². The second kappa shape index (κ2) is 11.6. The maximum absolute atomic E-state index is 6.26. The van der Waals surface area contributed by atoms with Crippen LogP contribution in [-0.2, 0) is 4.74 Å². The lowest BCUT2D eigenvalue weighted by Crippen LogP contribution is -2.29. The number of unbranched alkanes of at least 4 members (excludes halogenated alkanes) is 1. The van der Waals surface area contributed by atoms with Crippen molar-refractivity contribution in [2.45, 2.75) is 84.6 Å². The topological polar surface area (TPSA) is 21.7 Å². The Kier molecular flexibility index (Phi) is 8.92. The van der Waals surface area contributed by atoms with Crippen molar-refractivity contribution in [1.29, 1.82) is 0 Å². The van der Waals surface area contributed by atoms with Gasteiger partial charge >= 0.3 is 0 Å². The van der Waals surface area contributed by atoms with Crippen molar-refractivity contribution >= 4 is 5.69 Å². The molecule has 3 heteroatoms. The molecule has 1 aliphatic carbocycles. The third-order valence-corrected chi connectivity index (χ3v) is 7.14. The minimum atomic E-state index is 0.330. The Morgan fingerprint density at radius 3 is 2.39 bits per heavy atom. The summed E-state index contributed by atoms with van der Waals surface area (Å²) in [5.74, 6) is 3.65. The van der Waals surface area contributed by atoms with Gasteiger partial charge in [0.05, 0.1) is 19.3 Å². The van der Waals surface area contributed by atoms with Crippen molar-refractivity contribution in [2.75, 3.05) is 25.2 Å². The smallest absolute Gasteiger partial charge is 0.119 e. The molecule has 0 aromatic heterocycles. The molecule has 1 aromatic rings. The first-order chi connectivity index (χ1) is 15.1. The molecule has 1 heterocycles. The molecular weight excluding hydrogens is 382 g/mol. The highest BCUT2D eigenvalue weighted by atomic mass is 16.5. The zero-order valence-corrected chi connectivity index (χ0v) is 20.4. The molecule has 1 aliphatic heterocycles. The van der Waals surface area contributed by atoms with Gasteiger partial charge in [-0.05, 0) is 60.6 Å². The van der Waals surface area contributed by atoms with Gasteiger partial charge in [0.2, 0.25) is 0 Å². The van der Waals surface area contributed by atoms with Crippen molar-refractivity contribution < 1.29 is 9.47 Å². The van der Waals surface area contributed by atoms with E-state index in [2.05, 4.69) is 76.1 Å². The molecule has 1 aromatic carbocycles. The highest BCUT2D eigenvalue weighted by molar-refractivity contribution is 5.66. The van der Waals surface area contributed by atoms with Gasteiger partial charge in [-0.25, -0.2) is 0 Å². The van der Waals surface area contributed by atoms with Gasteiger partial charge < -0.3 is 14.4 Å². The van der Waals surface area contributed by atoms with Crippen molar-refractivity contribution in [2.24, 2.45) is 11.8 Å². The summed E-state index contributed by atoms with van der Waals surface area (Å²) >= 11 is 0. The quantitative estimate of drug-likeness (QED) is 0.327. The maximum atomic E-state index is 6.26. The molecule has 0 radical (unpaired) electrons. The van der Waals surface area contributed by atoms with E-state index >= 15 is 0 Å². The van der Waals surface area contributed by atoms with Crippen molar-refractivity contribution in [3.05, 3.63) is 47.7 Å². The van der Waals surface area contributed by atoms with Crippen LogP contribution in [0.3, 0.4) is 0 Å². The molecule has 0 saturated carbocycles. The Balaban J connectivity index is 1.69. The van der Waals surface area contributed by atoms with E-state index in [0.29, 0.717) is 23.8 Å². The molecule has 4 unspecified atom stereocenters. The van der Waals surface area contributed by atoms with Crippen LogP contribution in [0.15, 0.2) is 42.2 Å². The summed E-state index contributed by atoms with van der Waals surface area (Å²) in [6, 6.07) is 7.00. The highest BCUT2D eigenvalue weighted by Crippen LogP contribution is 2.45. The predicted molar refractivity (Wildman–Crippen MR) is 132 cm³/mol. The summed E-state index contributed by atoms with van der Waals surface area (Å²) < 4.78 is 12.5. The van der Waals surface area contributed by atoms with Crippen LogP contribution in [-0.4, -0.2) is 26.3 Å². The van der Waals surface area contributed by atoms with E-state index < -0.39 is 0 Å². The average Bonchev–Trinajstić information content (AvgIpc) is 3.07. The summed E-state index contributed by atoms with van der Waals surface area (Å²) in [6.07, 6.45) is 15.4. The Labute approximate surface area is 190 Å². The first kappa shape index (κ1) is 23.8. The number of hydrogen-bond acceptors (Lipinski definition) is 3. The number of anilines is 1. The van der Waals surface area contributed by atoms with Crippen LogP contribution in [0.25, 0.3) is 0 Å². The third-order valence-electron chi connectivity index (χ3n) is 7.14. The second-order valence-corrected chi connectivity index (χ2v) is 9.38. The lowest BCUT2D eigenvalue weighted by atomic mass is 9.90. The zero-order valence-electron chi connectivity index (χ0n) is 20.4. The highest BCUT2D eigenvalue weighted by Gasteiger charge is 2.36. The van der Waals surface area contributed by atoms with Crippen LogP contribution >= 0.6 is 0 Å². The Morgan fingerprint density at radius 1 is 0.935 bits per heavy atom. The van der Waals surface area contributed by atoms with Crippen molar-refractivity contribution in [3.63, 3.8) is 0 Å².